The summed E-state index contributed by atoms with van der Waals surface area (Å²) < 4.78 is 2.60. The van der Waals surface area contributed by atoms with Crippen molar-refractivity contribution >= 4 is 87.5 Å². The van der Waals surface area contributed by atoms with Crippen LogP contribution in [0.15, 0.2) is 279 Å². The Hall–Kier alpha value is -9.24. The second-order valence-electron chi connectivity index (χ2n) is 19.2. The molecule has 1 aromatic heterocycles. The van der Waals surface area contributed by atoms with Crippen molar-refractivity contribution < 1.29 is 0 Å². The van der Waals surface area contributed by atoms with Crippen molar-refractivity contribution in [3.05, 3.63) is 290 Å². The van der Waals surface area contributed by atoms with Gasteiger partial charge in [0.25, 0.3) is 0 Å². The van der Waals surface area contributed by atoms with Crippen molar-refractivity contribution in [2.24, 2.45) is 0 Å². The lowest BCUT2D eigenvalue weighted by molar-refractivity contribution is 0.578. The Balaban J connectivity index is 0.931. The number of benzene rings is 12. The molecule has 2 nitrogen and oxygen atoms in total. The lowest BCUT2D eigenvalue weighted by Gasteiger charge is -2.31. The Morgan fingerprint density at radius 1 is 0.347 bits per heavy atom. The molecule has 1 heterocycles. The quantitative estimate of drug-likeness (QED) is 0.147. The van der Waals surface area contributed by atoms with Gasteiger partial charge in [0.1, 0.15) is 0 Å². The van der Waals surface area contributed by atoms with Crippen LogP contribution in [0.5, 0.6) is 0 Å². The highest BCUT2D eigenvalue weighted by atomic mass is 15.1. The van der Waals surface area contributed by atoms with E-state index in [1.807, 2.05) is 0 Å². The lowest BCUT2D eigenvalue weighted by atomic mass is 9.84. The fourth-order valence-electron chi connectivity index (χ4n) is 11.7. The van der Waals surface area contributed by atoms with Gasteiger partial charge in [-0.1, -0.05) is 231 Å². The Kier molecular flexibility index (Phi) is 10.0. The predicted molar refractivity (Wildman–Crippen MR) is 307 cm³/mol. The minimum atomic E-state index is 0.0217. The second-order valence-corrected chi connectivity index (χ2v) is 19.2. The van der Waals surface area contributed by atoms with Gasteiger partial charge in [-0.25, -0.2) is 0 Å². The smallest absolute Gasteiger partial charge is 0.0635 e. The van der Waals surface area contributed by atoms with E-state index in [1.54, 1.807) is 0 Å². The Bertz CT molecular complexity index is 4290. The summed E-state index contributed by atoms with van der Waals surface area (Å²) in [5.41, 5.74) is 14.3. The molecule has 0 aliphatic heterocycles. The van der Waals surface area contributed by atoms with Gasteiger partial charge >= 0.3 is 0 Å². The number of anilines is 3. The van der Waals surface area contributed by atoms with Gasteiger partial charge in [0, 0.05) is 38.8 Å². The van der Waals surface area contributed by atoms with Crippen LogP contribution in [0, 0.1) is 0 Å². The number of para-hydroxylation sites is 2. The summed E-state index contributed by atoms with van der Waals surface area (Å²) in [6.07, 6.45) is 7.29. The lowest BCUT2D eigenvalue weighted by Crippen LogP contribution is -2.17. The third-order valence-corrected chi connectivity index (χ3v) is 15.2. The molecule has 0 amide bonds. The standard InChI is InChI=1S/C70H48N2/c1-2-18-50(19-3-1)60-40-36-54(46-69(60)72-66-29-15-13-27-64(66)70-61-24-9-8-20-51(61)37-42-68(70)72)49-34-38-57(39-35-49)71(65-28-14-12-23-59(65)56-33-31-48-17-5-7-22-53(48)45-56)67-43-41-58(62-25-10-11-26-63(62)67)55-32-30-47-16-4-6-21-52(47)44-55/h1-46,60,69H. The molecule has 1 aliphatic carbocycles. The molecule has 2 heteroatoms. The molecule has 72 heavy (non-hydrogen) atoms. The van der Waals surface area contributed by atoms with E-state index >= 15 is 0 Å². The summed E-state index contributed by atoms with van der Waals surface area (Å²) in [6, 6.07) is 96.1. The zero-order chi connectivity index (χ0) is 47.5. The van der Waals surface area contributed by atoms with Crippen molar-refractivity contribution in [1.29, 1.82) is 0 Å². The number of aromatic nitrogens is 1. The topological polar surface area (TPSA) is 8.17 Å². The number of rotatable bonds is 8. The first-order chi connectivity index (χ1) is 35.7. The summed E-state index contributed by atoms with van der Waals surface area (Å²) in [5, 5.41) is 12.5. The van der Waals surface area contributed by atoms with Gasteiger partial charge in [-0.05, 0) is 120 Å². The van der Waals surface area contributed by atoms with Gasteiger partial charge < -0.3 is 9.47 Å². The molecule has 338 valence electrons. The average molecular weight is 917 g/mol. The van der Waals surface area contributed by atoms with Gasteiger partial charge in [0.2, 0.25) is 0 Å². The average Bonchev–Trinajstić information content (AvgIpc) is 3.80. The maximum Gasteiger partial charge on any atom is 0.0635 e. The van der Waals surface area contributed by atoms with E-state index in [-0.39, 0.29) is 12.0 Å². The summed E-state index contributed by atoms with van der Waals surface area (Å²) >= 11 is 0. The van der Waals surface area contributed by atoms with Gasteiger partial charge in [0.15, 0.2) is 0 Å². The Morgan fingerprint density at radius 2 is 0.917 bits per heavy atom. The third kappa shape index (κ3) is 7.02. The molecule has 0 saturated heterocycles. The SMILES string of the molecule is C1=CC(c2ccccc2)C(n2c3ccccc3c3c4ccccc4ccc32)C=C1c1ccc(N(c2ccccc2-c2ccc3ccccc3c2)c2ccc(-c3ccc4ccccc4c3)c3ccccc23)cc1. The van der Waals surface area contributed by atoms with E-state index in [0.717, 1.165) is 17.1 Å². The summed E-state index contributed by atoms with van der Waals surface area (Å²) in [6.45, 7) is 0. The molecule has 0 spiro atoms. The van der Waals surface area contributed by atoms with Crippen molar-refractivity contribution in [1.82, 2.24) is 4.57 Å². The first-order valence-corrected chi connectivity index (χ1v) is 25.1. The molecular weight excluding hydrogens is 869 g/mol. The van der Waals surface area contributed by atoms with Crippen LogP contribution in [0.4, 0.5) is 17.1 Å². The maximum absolute atomic E-state index is 2.60. The summed E-state index contributed by atoms with van der Waals surface area (Å²) in [4.78, 5) is 2.47. The molecule has 12 aromatic carbocycles. The van der Waals surface area contributed by atoms with E-state index in [4.69, 9.17) is 0 Å². The van der Waals surface area contributed by atoms with Crippen molar-refractivity contribution in [2.45, 2.75) is 12.0 Å². The van der Waals surface area contributed by atoms with Crippen molar-refractivity contribution in [2.75, 3.05) is 4.90 Å². The highest BCUT2D eigenvalue weighted by molar-refractivity contribution is 6.21. The van der Waals surface area contributed by atoms with E-state index in [1.165, 1.54) is 104 Å². The molecule has 13 aromatic rings. The molecule has 2 atom stereocenters. The first kappa shape index (κ1) is 41.7. The van der Waals surface area contributed by atoms with Crippen LogP contribution in [0.1, 0.15) is 23.1 Å². The maximum atomic E-state index is 2.60. The molecule has 0 N–H and O–H groups in total. The molecule has 14 rings (SSSR count). The van der Waals surface area contributed by atoms with Gasteiger partial charge in [-0.3, -0.25) is 0 Å². The highest BCUT2D eigenvalue weighted by Gasteiger charge is 2.29. The number of allylic oxidation sites excluding steroid dienone is 4. The second kappa shape index (κ2) is 17.3. The van der Waals surface area contributed by atoms with Crippen LogP contribution in [0.2, 0.25) is 0 Å². The highest BCUT2D eigenvalue weighted by Crippen LogP contribution is 2.48. The Labute approximate surface area is 419 Å². The van der Waals surface area contributed by atoms with Crippen LogP contribution in [0.3, 0.4) is 0 Å². The molecule has 2 unspecified atom stereocenters. The van der Waals surface area contributed by atoms with Crippen LogP contribution < -0.4 is 4.90 Å². The molecule has 0 saturated carbocycles. The largest absolute Gasteiger partial charge is 0.332 e. The van der Waals surface area contributed by atoms with E-state index in [2.05, 4.69) is 289 Å². The zero-order valence-corrected chi connectivity index (χ0v) is 39.6. The molecule has 1 aliphatic rings. The molecule has 0 bridgehead atoms. The first-order valence-electron chi connectivity index (χ1n) is 25.1. The van der Waals surface area contributed by atoms with E-state index in [0.29, 0.717) is 0 Å². The fraction of sp³-hybridized carbons (Fsp3) is 0.0286. The minimum absolute atomic E-state index is 0.0217. The number of fused-ring (bicyclic) bond motifs is 8. The van der Waals surface area contributed by atoms with Crippen molar-refractivity contribution in [3.8, 4) is 22.3 Å². The summed E-state index contributed by atoms with van der Waals surface area (Å²) in [5.74, 6) is 0.132. The summed E-state index contributed by atoms with van der Waals surface area (Å²) in [7, 11) is 0. The normalized spacial score (nSPS) is 14.7. The van der Waals surface area contributed by atoms with Gasteiger partial charge in [-0.15, -0.1) is 0 Å². The predicted octanol–water partition coefficient (Wildman–Crippen LogP) is 19.2. The van der Waals surface area contributed by atoms with Crippen LogP contribution in [-0.4, -0.2) is 4.57 Å². The van der Waals surface area contributed by atoms with Crippen LogP contribution in [-0.2, 0) is 0 Å². The van der Waals surface area contributed by atoms with Crippen LogP contribution >= 0.6 is 0 Å². The van der Waals surface area contributed by atoms with E-state index < -0.39 is 0 Å². The Morgan fingerprint density at radius 3 is 1.67 bits per heavy atom. The van der Waals surface area contributed by atoms with E-state index in [9.17, 15) is 0 Å². The number of hydrogen-bond donors (Lipinski definition) is 0. The molecule has 0 fully saturated rings. The number of hydrogen-bond acceptors (Lipinski definition) is 1. The zero-order valence-electron chi connectivity index (χ0n) is 39.6. The van der Waals surface area contributed by atoms with Crippen molar-refractivity contribution in [3.63, 3.8) is 0 Å². The van der Waals surface area contributed by atoms with Crippen LogP contribution in [0.25, 0.3) is 92.7 Å². The molecular formula is C70H48N2. The molecule has 0 radical (unpaired) electrons. The fourth-order valence-corrected chi connectivity index (χ4v) is 11.7. The monoisotopic (exact) mass is 916 g/mol. The minimum Gasteiger partial charge on any atom is -0.332 e. The van der Waals surface area contributed by atoms with Gasteiger partial charge in [0.05, 0.1) is 22.9 Å². The van der Waals surface area contributed by atoms with Gasteiger partial charge in [-0.2, -0.15) is 0 Å². The number of nitrogens with zero attached hydrogens (tertiary/aromatic N) is 2. The third-order valence-electron chi connectivity index (χ3n) is 15.2.